The molecular formula is C16H9ClIN3O2S. The lowest BCUT2D eigenvalue weighted by molar-refractivity contribution is -0.113. The Labute approximate surface area is 160 Å². The Morgan fingerprint density at radius 3 is 3.00 bits per heavy atom. The Bertz CT molecular complexity index is 968. The zero-order chi connectivity index (χ0) is 17.1. The summed E-state index contributed by atoms with van der Waals surface area (Å²) >= 11 is 9.30. The Hall–Kier alpha value is -1.76. The predicted molar refractivity (Wildman–Crippen MR) is 104 cm³/mol. The van der Waals surface area contributed by atoms with Crippen LogP contribution in [0.2, 0.25) is 5.02 Å². The lowest BCUT2D eigenvalue weighted by Gasteiger charge is -2.02. The highest BCUT2D eigenvalue weighted by Gasteiger charge is 2.13. The summed E-state index contributed by atoms with van der Waals surface area (Å²) in [6, 6.07) is 10.8. The number of benzene rings is 2. The van der Waals surface area contributed by atoms with Gasteiger partial charge >= 0.3 is 0 Å². The standard InChI is InChI=1S/C16H9ClIN3O2S/c17-12-3-1-9(18)5-11(12)16-21-13-6-10(2-4-14(13)23-16)20-15(22)7-24-8-19/h1-6H,7H2,(H,20,22). The van der Waals surface area contributed by atoms with Gasteiger partial charge < -0.3 is 9.73 Å². The fraction of sp³-hybridized carbons (Fsp3) is 0.0625. The second kappa shape index (κ2) is 7.42. The maximum Gasteiger partial charge on any atom is 0.235 e. The summed E-state index contributed by atoms with van der Waals surface area (Å²) in [5.74, 6) is 0.263. The van der Waals surface area contributed by atoms with E-state index >= 15 is 0 Å². The van der Waals surface area contributed by atoms with Crippen molar-refractivity contribution in [2.24, 2.45) is 0 Å². The van der Waals surface area contributed by atoms with Crippen LogP contribution in [0.15, 0.2) is 40.8 Å². The number of nitriles is 1. The molecule has 0 bridgehead atoms. The number of thiocyanates is 1. The van der Waals surface area contributed by atoms with E-state index in [9.17, 15) is 4.79 Å². The summed E-state index contributed by atoms with van der Waals surface area (Å²) in [5, 5.41) is 13.6. The van der Waals surface area contributed by atoms with Crippen LogP contribution in [-0.4, -0.2) is 16.6 Å². The average molecular weight is 470 g/mol. The van der Waals surface area contributed by atoms with Crippen LogP contribution in [0, 0.1) is 14.2 Å². The Kier molecular flexibility index (Phi) is 5.28. The van der Waals surface area contributed by atoms with Gasteiger partial charge in [-0.1, -0.05) is 11.6 Å². The Morgan fingerprint density at radius 2 is 2.21 bits per heavy atom. The van der Waals surface area contributed by atoms with E-state index in [0.29, 0.717) is 27.7 Å². The molecule has 0 spiro atoms. The summed E-state index contributed by atoms with van der Waals surface area (Å²) in [6.45, 7) is 0. The molecule has 0 saturated carbocycles. The van der Waals surface area contributed by atoms with Gasteiger partial charge in [0.2, 0.25) is 11.8 Å². The smallest absolute Gasteiger partial charge is 0.235 e. The fourth-order valence-electron chi connectivity index (χ4n) is 2.08. The van der Waals surface area contributed by atoms with E-state index in [-0.39, 0.29) is 11.7 Å². The minimum absolute atomic E-state index is 0.0800. The molecule has 1 aromatic heterocycles. The van der Waals surface area contributed by atoms with E-state index in [2.05, 4.69) is 32.9 Å². The number of thioether (sulfide) groups is 1. The molecule has 1 N–H and O–H groups in total. The van der Waals surface area contributed by atoms with Crippen LogP contribution in [-0.2, 0) is 4.79 Å². The van der Waals surface area contributed by atoms with Crippen LogP contribution in [0.5, 0.6) is 0 Å². The molecule has 0 unspecified atom stereocenters. The summed E-state index contributed by atoms with van der Waals surface area (Å²) in [4.78, 5) is 16.1. The van der Waals surface area contributed by atoms with Crippen LogP contribution in [0.4, 0.5) is 5.69 Å². The number of nitrogens with one attached hydrogen (secondary N) is 1. The summed E-state index contributed by atoms with van der Waals surface area (Å²) < 4.78 is 6.78. The maximum absolute atomic E-state index is 11.7. The molecule has 0 aliphatic heterocycles. The number of fused-ring (bicyclic) bond motifs is 1. The maximum atomic E-state index is 11.7. The molecule has 2 aromatic carbocycles. The van der Waals surface area contributed by atoms with Gasteiger partial charge in [-0.05, 0) is 70.8 Å². The van der Waals surface area contributed by atoms with Crippen LogP contribution in [0.3, 0.4) is 0 Å². The highest BCUT2D eigenvalue weighted by atomic mass is 127. The second-order valence-electron chi connectivity index (χ2n) is 4.75. The minimum Gasteiger partial charge on any atom is -0.436 e. The van der Waals surface area contributed by atoms with E-state index < -0.39 is 0 Å². The first kappa shape index (κ1) is 17.1. The fourth-order valence-corrected chi connectivity index (χ4v) is 3.03. The van der Waals surface area contributed by atoms with Crippen LogP contribution in [0.1, 0.15) is 0 Å². The zero-order valence-corrected chi connectivity index (χ0v) is 15.8. The van der Waals surface area contributed by atoms with Crippen LogP contribution < -0.4 is 5.32 Å². The van der Waals surface area contributed by atoms with Gasteiger partial charge in [-0.2, -0.15) is 5.26 Å². The van der Waals surface area contributed by atoms with Crippen molar-refractivity contribution in [3.05, 3.63) is 45.0 Å². The molecule has 24 heavy (non-hydrogen) atoms. The van der Waals surface area contributed by atoms with E-state index in [1.54, 1.807) is 24.3 Å². The van der Waals surface area contributed by atoms with E-state index in [1.807, 2.05) is 17.5 Å². The van der Waals surface area contributed by atoms with Crippen LogP contribution >= 0.6 is 46.0 Å². The molecule has 5 nitrogen and oxygen atoms in total. The molecule has 0 radical (unpaired) electrons. The average Bonchev–Trinajstić information content (AvgIpc) is 2.98. The lowest BCUT2D eigenvalue weighted by Crippen LogP contribution is -2.13. The van der Waals surface area contributed by atoms with Gasteiger partial charge in [-0.15, -0.1) is 0 Å². The van der Waals surface area contributed by atoms with Crippen molar-refractivity contribution in [2.45, 2.75) is 0 Å². The first-order chi connectivity index (χ1) is 11.6. The molecule has 0 atom stereocenters. The van der Waals surface area contributed by atoms with Gasteiger partial charge in [0.25, 0.3) is 0 Å². The number of aromatic nitrogens is 1. The van der Waals surface area contributed by atoms with Crippen molar-refractivity contribution < 1.29 is 9.21 Å². The third kappa shape index (κ3) is 3.83. The number of amides is 1. The first-order valence-corrected chi connectivity index (χ1v) is 9.18. The lowest BCUT2D eigenvalue weighted by atomic mass is 10.2. The van der Waals surface area contributed by atoms with Crippen molar-refractivity contribution in [2.75, 3.05) is 11.1 Å². The molecule has 0 aliphatic carbocycles. The highest BCUT2D eigenvalue weighted by Crippen LogP contribution is 2.32. The molecule has 1 amide bonds. The first-order valence-electron chi connectivity index (χ1n) is 6.73. The molecule has 0 aliphatic rings. The summed E-state index contributed by atoms with van der Waals surface area (Å²) in [7, 11) is 0. The normalized spacial score (nSPS) is 10.5. The zero-order valence-electron chi connectivity index (χ0n) is 12.0. The molecule has 8 heteroatoms. The number of hydrogen-bond acceptors (Lipinski definition) is 5. The number of oxazole rings is 1. The quantitative estimate of drug-likeness (QED) is 0.434. The van der Waals surface area contributed by atoms with Gasteiger partial charge in [0, 0.05) is 9.26 Å². The molecule has 3 aromatic rings. The molecule has 0 fully saturated rings. The largest absolute Gasteiger partial charge is 0.436 e. The number of carbonyl (C=O) groups is 1. The number of halogens is 2. The van der Waals surface area contributed by atoms with Gasteiger partial charge in [0.1, 0.15) is 10.9 Å². The van der Waals surface area contributed by atoms with Crippen molar-refractivity contribution in [3.63, 3.8) is 0 Å². The molecule has 1 heterocycles. The Balaban J connectivity index is 1.90. The SMILES string of the molecule is N#CSCC(=O)Nc1ccc2oc(-c3cc(I)ccc3Cl)nc2c1. The molecule has 3 rings (SSSR count). The van der Waals surface area contributed by atoms with Crippen LogP contribution in [0.25, 0.3) is 22.6 Å². The van der Waals surface area contributed by atoms with Crippen molar-refractivity contribution in [1.82, 2.24) is 4.98 Å². The third-order valence-electron chi connectivity index (χ3n) is 3.10. The Morgan fingerprint density at radius 1 is 1.38 bits per heavy atom. The van der Waals surface area contributed by atoms with E-state index in [4.69, 9.17) is 21.3 Å². The summed E-state index contributed by atoms with van der Waals surface area (Å²) in [6.07, 6.45) is 0. The van der Waals surface area contributed by atoms with E-state index in [1.165, 1.54) is 0 Å². The van der Waals surface area contributed by atoms with Gasteiger partial charge in [0.05, 0.1) is 16.3 Å². The van der Waals surface area contributed by atoms with Crippen molar-refractivity contribution in [3.8, 4) is 16.9 Å². The number of hydrogen-bond donors (Lipinski definition) is 1. The number of rotatable bonds is 4. The monoisotopic (exact) mass is 469 g/mol. The number of carbonyl (C=O) groups excluding carboxylic acids is 1. The highest BCUT2D eigenvalue weighted by molar-refractivity contribution is 14.1. The molecule has 0 saturated heterocycles. The van der Waals surface area contributed by atoms with E-state index in [0.717, 1.165) is 20.9 Å². The van der Waals surface area contributed by atoms with Gasteiger partial charge in [0.15, 0.2) is 5.58 Å². The predicted octanol–water partition coefficient (Wildman–Crippen LogP) is 4.91. The second-order valence-corrected chi connectivity index (χ2v) is 7.17. The third-order valence-corrected chi connectivity index (χ3v) is 4.63. The number of nitrogens with zero attached hydrogens (tertiary/aromatic N) is 2. The number of anilines is 1. The summed E-state index contributed by atoms with van der Waals surface area (Å²) in [5.41, 5.74) is 2.53. The molecular weight excluding hydrogens is 461 g/mol. The van der Waals surface area contributed by atoms with Gasteiger partial charge in [-0.3, -0.25) is 4.79 Å². The topological polar surface area (TPSA) is 78.9 Å². The minimum atomic E-state index is -0.245. The molecule has 120 valence electrons. The van der Waals surface area contributed by atoms with Crippen molar-refractivity contribution >= 4 is 68.6 Å². The van der Waals surface area contributed by atoms with Crippen molar-refractivity contribution in [1.29, 1.82) is 5.26 Å². The van der Waals surface area contributed by atoms with Gasteiger partial charge in [-0.25, -0.2) is 4.98 Å².